The smallest absolute Gasteiger partial charge is 0.245 e. The van der Waals surface area contributed by atoms with Crippen LogP contribution in [0.5, 0.6) is 0 Å². The fourth-order valence-electron chi connectivity index (χ4n) is 1.49. The molecule has 0 aromatic heterocycles. The Morgan fingerprint density at radius 3 is 2.68 bits per heavy atom. The third kappa shape index (κ3) is 4.12. The molecule has 8 heteroatoms. The molecule has 5 nitrogen and oxygen atoms in total. The van der Waals surface area contributed by atoms with Gasteiger partial charge in [0.1, 0.15) is 10.7 Å². The molecule has 1 rings (SSSR count). The Balaban J connectivity index is 2.97. The summed E-state index contributed by atoms with van der Waals surface area (Å²) in [5.74, 6) is -0.930. The molecule has 0 aliphatic rings. The van der Waals surface area contributed by atoms with Gasteiger partial charge < -0.3 is 9.84 Å². The standard InChI is InChI=1S/C11H15ClFNO4S/c1-14(6-9(15)7-18-2)19(16,17)11-4-3-8(12)5-10(11)13/h3-5,9,15H,6-7H2,1-2H3. The van der Waals surface area contributed by atoms with Gasteiger partial charge in [-0.15, -0.1) is 0 Å². The van der Waals surface area contributed by atoms with E-state index in [2.05, 4.69) is 0 Å². The SMILES string of the molecule is COCC(O)CN(C)S(=O)(=O)c1ccc(Cl)cc1F. The highest BCUT2D eigenvalue weighted by molar-refractivity contribution is 7.89. The molecule has 0 spiro atoms. The zero-order valence-corrected chi connectivity index (χ0v) is 12.1. The largest absolute Gasteiger partial charge is 0.389 e. The third-order valence-corrected chi connectivity index (χ3v) is 4.50. The average Bonchev–Trinajstić information content (AvgIpc) is 2.28. The summed E-state index contributed by atoms with van der Waals surface area (Å²) in [6.45, 7) is -0.207. The van der Waals surface area contributed by atoms with E-state index in [-0.39, 0.29) is 18.2 Å². The number of nitrogens with zero attached hydrogens (tertiary/aromatic N) is 1. The minimum Gasteiger partial charge on any atom is -0.389 e. The molecule has 1 aromatic carbocycles. The Morgan fingerprint density at radius 1 is 1.53 bits per heavy atom. The molecule has 1 unspecified atom stereocenters. The summed E-state index contributed by atoms with van der Waals surface area (Å²) in [6, 6.07) is 3.30. The number of aliphatic hydroxyl groups is 1. The summed E-state index contributed by atoms with van der Waals surface area (Å²) in [5, 5.41) is 9.61. The van der Waals surface area contributed by atoms with Gasteiger partial charge in [-0.05, 0) is 18.2 Å². The predicted molar refractivity (Wildman–Crippen MR) is 69.1 cm³/mol. The van der Waals surface area contributed by atoms with Gasteiger partial charge in [0.05, 0.1) is 12.7 Å². The van der Waals surface area contributed by atoms with Crippen LogP contribution in [0.25, 0.3) is 0 Å². The van der Waals surface area contributed by atoms with Crippen LogP contribution in [0.3, 0.4) is 0 Å². The number of ether oxygens (including phenoxy) is 1. The van der Waals surface area contributed by atoms with E-state index in [1.807, 2.05) is 0 Å². The van der Waals surface area contributed by atoms with Crippen molar-refractivity contribution in [1.82, 2.24) is 4.31 Å². The molecule has 19 heavy (non-hydrogen) atoms. The molecule has 0 saturated carbocycles. The summed E-state index contributed by atoms with van der Waals surface area (Å²) >= 11 is 5.57. The molecular formula is C11H15ClFNO4S. The highest BCUT2D eigenvalue weighted by atomic mass is 35.5. The number of halogens is 2. The van der Waals surface area contributed by atoms with E-state index in [4.69, 9.17) is 16.3 Å². The van der Waals surface area contributed by atoms with Gasteiger partial charge in [-0.25, -0.2) is 12.8 Å². The molecule has 0 fully saturated rings. The van der Waals surface area contributed by atoms with Crippen molar-refractivity contribution in [2.24, 2.45) is 0 Å². The van der Waals surface area contributed by atoms with Crippen LogP contribution in [0.1, 0.15) is 0 Å². The Hall–Kier alpha value is -0.730. The number of hydrogen-bond donors (Lipinski definition) is 1. The van der Waals surface area contributed by atoms with Crippen molar-refractivity contribution in [3.8, 4) is 0 Å². The maximum atomic E-state index is 13.6. The van der Waals surface area contributed by atoms with Crippen LogP contribution in [0.15, 0.2) is 23.1 Å². The summed E-state index contributed by atoms with van der Waals surface area (Å²) < 4.78 is 43.4. The minimum atomic E-state index is -4.02. The second-order valence-corrected chi connectivity index (χ2v) is 6.42. The molecule has 0 bridgehead atoms. The van der Waals surface area contributed by atoms with Crippen LogP contribution in [-0.2, 0) is 14.8 Å². The predicted octanol–water partition coefficient (Wildman–Crippen LogP) is 1.11. The van der Waals surface area contributed by atoms with Crippen molar-refractivity contribution in [1.29, 1.82) is 0 Å². The van der Waals surface area contributed by atoms with Gasteiger partial charge in [0, 0.05) is 25.7 Å². The lowest BCUT2D eigenvalue weighted by Crippen LogP contribution is -2.36. The molecule has 0 saturated heterocycles. The summed E-state index contributed by atoms with van der Waals surface area (Å²) in [6.07, 6.45) is -0.986. The summed E-state index contributed by atoms with van der Waals surface area (Å²) in [7, 11) is -1.38. The first kappa shape index (κ1) is 16.3. The maximum absolute atomic E-state index is 13.6. The van der Waals surface area contributed by atoms with Crippen molar-refractivity contribution in [3.05, 3.63) is 29.0 Å². The number of sulfonamides is 1. The van der Waals surface area contributed by atoms with E-state index < -0.39 is 26.8 Å². The van der Waals surface area contributed by atoms with Gasteiger partial charge in [0.25, 0.3) is 0 Å². The van der Waals surface area contributed by atoms with Crippen molar-refractivity contribution < 1.29 is 22.7 Å². The number of benzene rings is 1. The quantitative estimate of drug-likeness (QED) is 0.854. The monoisotopic (exact) mass is 311 g/mol. The van der Waals surface area contributed by atoms with Crippen LogP contribution >= 0.6 is 11.6 Å². The van der Waals surface area contributed by atoms with E-state index in [1.165, 1.54) is 20.2 Å². The molecule has 108 valence electrons. The van der Waals surface area contributed by atoms with Crippen LogP contribution in [-0.4, -0.2) is 51.2 Å². The lowest BCUT2D eigenvalue weighted by Gasteiger charge is -2.20. The molecule has 0 heterocycles. The van der Waals surface area contributed by atoms with Crippen molar-refractivity contribution in [2.75, 3.05) is 27.3 Å². The normalized spacial score (nSPS) is 13.8. The molecule has 0 amide bonds. The van der Waals surface area contributed by atoms with E-state index in [0.717, 1.165) is 16.4 Å². The number of hydrogen-bond acceptors (Lipinski definition) is 4. The fraction of sp³-hybridized carbons (Fsp3) is 0.455. The number of aliphatic hydroxyl groups excluding tert-OH is 1. The zero-order valence-electron chi connectivity index (χ0n) is 10.5. The molecule has 1 aromatic rings. The van der Waals surface area contributed by atoms with E-state index >= 15 is 0 Å². The average molecular weight is 312 g/mol. The second kappa shape index (κ2) is 6.62. The molecule has 0 aliphatic carbocycles. The lowest BCUT2D eigenvalue weighted by atomic mass is 10.3. The van der Waals surface area contributed by atoms with Crippen LogP contribution < -0.4 is 0 Å². The molecular weight excluding hydrogens is 297 g/mol. The van der Waals surface area contributed by atoms with Crippen molar-refractivity contribution in [2.45, 2.75) is 11.0 Å². The molecule has 1 atom stereocenters. The second-order valence-electron chi connectivity index (χ2n) is 3.97. The van der Waals surface area contributed by atoms with E-state index in [0.29, 0.717) is 0 Å². The number of likely N-dealkylation sites (N-methyl/N-ethyl adjacent to an activating group) is 1. The van der Waals surface area contributed by atoms with Gasteiger partial charge >= 0.3 is 0 Å². The highest BCUT2D eigenvalue weighted by Crippen LogP contribution is 2.21. The number of methoxy groups -OCH3 is 1. The Kier molecular flexibility index (Phi) is 5.69. The van der Waals surface area contributed by atoms with Crippen molar-refractivity contribution in [3.63, 3.8) is 0 Å². The first-order chi connectivity index (χ1) is 8.78. The lowest BCUT2D eigenvalue weighted by molar-refractivity contribution is 0.0554. The van der Waals surface area contributed by atoms with Crippen molar-refractivity contribution >= 4 is 21.6 Å². The minimum absolute atomic E-state index is 0.0110. The first-order valence-corrected chi connectivity index (χ1v) is 7.19. The topological polar surface area (TPSA) is 66.8 Å². The van der Waals surface area contributed by atoms with E-state index in [1.54, 1.807) is 0 Å². The molecule has 0 aliphatic heterocycles. The van der Waals surface area contributed by atoms with Crippen LogP contribution in [0, 0.1) is 5.82 Å². The van der Waals surface area contributed by atoms with Gasteiger partial charge in [0.15, 0.2) is 0 Å². The van der Waals surface area contributed by atoms with E-state index in [9.17, 15) is 17.9 Å². The van der Waals surface area contributed by atoms with Crippen LogP contribution in [0.2, 0.25) is 5.02 Å². The van der Waals surface area contributed by atoms with Gasteiger partial charge in [-0.1, -0.05) is 11.6 Å². The first-order valence-electron chi connectivity index (χ1n) is 5.37. The zero-order chi connectivity index (χ0) is 14.6. The maximum Gasteiger partial charge on any atom is 0.245 e. The Bertz CT molecular complexity index is 537. The number of rotatable bonds is 6. The molecule has 0 radical (unpaired) electrons. The van der Waals surface area contributed by atoms with Crippen LogP contribution in [0.4, 0.5) is 4.39 Å². The molecule has 1 N–H and O–H groups in total. The Morgan fingerprint density at radius 2 is 2.16 bits per heavy atom. The Labute approximate surface area is 116 Å². The van der Waals surface area contributed by atoms with Gasteiger partial charge in [0.2, 0.25) is 10.0 Å². The third-order valence-electron chi connectivity index (χ3n) is 2.41. The summed E-state index contributed by atoms with van der Waals surface area (Å²) in [4.78, 5) is -0.482. The highest BCUT2D eigenvalue weighted by Gasteiger charge is 2.26. The van der Waals surface area contributed by atoms with Gasteiger partial charge in [-0.3, -0.25) is 0 Å². The fourth-order valence-corrected chi connectivity index (χ4v) is 2.90. The summed E-state index contributed by atoms with van der Waals surface area (Å²) in [5.41, 5.74) is 0. The van der Waals surface area contributed by atoms with Gasteiger partial charge in [-0.2, -0.15) is 4.31 Å².